The van der Waals surface area contributed by atoms with Crippen molar-refractivity contribution in [3.8, 4) is 45.0 Å². The minimum absolute atomic E-state index is 0. The minimum Gasteiger partial charge on any atom is -0.513 e. The van der Waals surface area contributed by atoms with Gasteiger partial charge in [-0.1, -0.05) is 215 Å². The third-order valence-electron chi connectivity index (χ3n) is 20.9. The van der Waals surface area contributed by atoms with E-state index in [1.54, 1.807) is 27.7 Å². The van der Waals surface area contributed by atoms with Gasteiger partial charge in [0, 0.05) is 105 Å². The van der Waals surface area contributed by atoms with E-state index in [2.05, 4.69) is 312 Å². The van der Waals surface area contributed by atoms with Gasteiger partial charge in [-0.3, -0.25) is 0 Å². The van der Waals surface area contributed by atoms with Gasteiger partial charge in [0.25, 0.3) is 0 Å². The van der Waals surface area contributed by atoms with Crippen molar-refractivity contribution in [2.45, 2.75) is 296 Å². The van der Waals surface area contributed by atoms with Gasteiger partial charge in [-0.25, -0.2) is 0 Å². The molecule has 12 rings (SSSR count). The average Bonchev–Trinajstić information content (AvgIpc) is 0.905. The van der Waals surface area contributed by atoms with Crippen LogP contribution in [0, 0.1) is 115 Å². The number of hydrogen-bond donors (Lipinski definition) is 8. The van der Waals surface area contributed by atoms with Gasteiger partial charge < -0.3 is 60.8 Å². The first-order valence-electron chi connectivity index (χ1n) is 46.8. The van der Waals surface area contributed by atoms with Crippen LogP contribution in [0.5, 0.6) is 0 Å². The molecule has 134 heavy (non-hydrogen) atoms. The van der Waals surface area contributed by atoms with Crippen LogP contribution in [-0.2, 0) is 119 Å². The molecule has 4 heterocycles. The van der Waals surface area contributed by atoms with Gasteiger partial charge in [-0.05, 0) is 300 Å². The van der Waals surface area contributed by atoms with Crippen molar-refractivity contribution in [1.29, 1.82) is 0 Å². The molecular formula is C118H156Ir4N4O8-4. The maximum absolute atomic E-state index is 8.49. The normalized spacial score (nSPS) is 12.4. The summed E-state index contributed by atoms with van der Waals surface area (Å²) in [7, 11) is 0. The monoisotopic (exact) mass is 2530 g/mol. The average molecular weight is 2530 g/mol. The topological polar surface area (TPSA) is 213 Å². The van der Waals surface area contributed by atoms with Crippen molar-refractivity contribution in [2.24, 2.45) is 35.5 Å². The van der Waals surface area contributed by atoms with Gasteiger partial charge in [0.05, 0.1) is 47.5 Å². The summed E-state index contributed by atoms with van der Waals surface area (Å²) in [6.45, 7) is 66.0. The molecule has 16 heteroatoms. The fourth-order valence-corrected chi connectivity index (χ4v) is 16.7. The molecule has 12 aromatic rings. The Balaban J connectivity index is 0.000000806. The van der Waals surface area contributed by atoms with Gasteiger partial charge in [0.2, 0.25) is 0 Å². The number of aliphatic hydroxyl groups excluding tert-OH is 8. The van der Waals surface area contributed by atoms with E-state index in [0.29, 0.717) is 47.3 Å². The molecule has 0 spiro atoms. The van der Waals surface area contributed by atoms with Gasteiger partial charge in [-0.2, -0.15) is 0 Å². The van der Waals surface area contributed by atoms with Gasteiger partial charge in [0.1, 0.15) is 0 Å². The van der Waals surface area contributed by atoms with Crippen LogP contribution in [0.3, 0.4) is 0 Å². The molecule has 0 bridgehead atoms. The largest absolute Gasteiger partial charge is 0.513 e. The van der Waals surface area contributed by atoms with Crippen LogP contribution in [0.15, 0.2) is 193 Å². The number of rotatable bonds is 22. The van der Waals surface area contributed by atoms with Crippen molar-refractivity contribution in [2.75, 3.05) is 0 Å². The van der Waals surface area contributed by atoms with Gasteiger partial charge >= 0.3 is 0 Å². The first-order chi connectivity index (χ1) is 60.9. The molecule has 4 radical (unpaired) electrons. The number of fused-ring (bicyclic) bond motifs is 4. The van der Waals surface area contributed by atoms with Crippen LogP contribution >= 0.6 is 0 Å². The van der Waals surface area contributed by atoms with E-state index in [9.17, 15) is 0 Å². The number of aromatic nitrogens is 4. The number of nitrogens with zero attached hydrogens (tertiary/aromatic N) is 4. The Morgan fingerprint density at radius 2 is 0.567 bits per heavy atom. The van der Waals surface area contributed by atoms with E-state index in [-0.39, 0.29) is 103 Å². The molecule has 0 saturated carbocycles. The Hall–Kier alpha value is -8.00. The third kappa shape index (κ3) is 41.7. The molecule has 4 atom stereocenters. The maximum atomic E-state index is 8.49. The fourth-order valence-electron chi connectivity index (χ4n) is 16.7. The quantitative estimate of drug-likeness (QED) is 0.0235. The molecule has 12 nitrogen and oxygen atoms in total. The molecule has 0 aliphatic rings. The second kappa shape index (κ2) is 60.7. The van der Waals surface area contributed by atoms with E-state index in [4.69, 9.17) is 60.8 Å². The predicted molar refractivity (Wildman–Crippen MR) is 554 cm³/mol. The van der Waals surface area contributed by atoms with Crippen LogP contribution in [0.4, 0.5) is 0 Å². The summed E-state index contributed by atoms with van der Waals surface area (Å²) in [5.41, 5.74) is 30.0. The van der Waals surface area contributed by atoms with Crippen molar-refractivity contribution < 1.29 is 121 Å². The molecule has 4 unspecified atom stereocenters. The number of pyridine rings is 4. The summed E-state index contributed by atoms with van der Waals surface area (Å²) in [5, 5.41) is 78.1. The standard InChI is InChI=1S/3C25H30N.C23H26N.4C5H10O2.4Ir/c1-16(2)11-20-7-8-23-22(24(20)12-17(3)4)9-10-26-25(23)21-14-18(5)13-19(6)15-21;1-16(2)11-20-7-8-21(12-17(3)4)24-23(20)9-10-26-25(24)22-14-18(5)13-19(6)15-22;1-16(2)11-21-8-7-20-9-10-26-25(24(20)23(21)12-17(3)4)22-14-18(5)13-19(6)15-22;1-14(2)19-7-8-21-20(22(19)15(3)4)9-10-24-23(21)18-12-16(5)11-17(6)13-18;4*1-4(6)3-5(2)7;;;;/h3*7-10,13-14,16-17H,11-12H2,1-6H3;7-12,14-15H,1-6H3;4*3-4,6-7H,1-2H3;;;;/q4*-1;;;;;;;;. The Morgan fingerprint density at radius 3 is 0.910 bits per heavy atom. The Kier molecular flexibility index (Phi) is 56.1. The van der Waals surface area contributed by atoms with Crippen LogP contribution in [-0.4, -0.2) is 85.2 Å². The summed E-state index contributed by atoms with van der Waals surface area (Å²) in [5.74, 6) is 5.47. The zero-order valence-corrected chi connectivity index (χ0v) is 95.6. The van der Waals surface area contributed by atoms with E-state index in [1.165, 1.54) is 173 Å². The molecule has 0 saturated heterocycles. The number of benzene rings is 8. The second-order valence-electron chi connectivity index (χ2n) is 38.8. The SMILES string of the molecule is CC(O)=CC(C)O.CC(O)=CC(C)O.CC(O)=CC(C)O.CC(O)=CC(C)O.Cc1[c-]c(-c2nccc3c(C(C)C)c(C(C)C)ccc23)cc(C)c1.Cc1[c-]c(-c2nccc3c(CC(C)C)c(CC(C)C)ccc23)cc(C)c1.Cc1[c-]c(-c2nccc3c(CC(C)C)ccc(CC(C)C)c23)cc(C)c1.Cc1[c-]c(-c2nccc3ccc(CC(C)C)c(CC(C)C)c23)cc(C)c1.[Ir].[Ir].[Ir].[Ir]. The first kappa shape index (κ1) is 124. The zero-order chi connectivity index (χ0) is 97.4. The molecule has 0 amide bonds. The number of aliphatic hydroxyl groups is 8. The van der Waals surface area contributed by atoms with Crippen molar-refractivity contribution >= 4 is 43.1 Å². The predicted octanol–water partition coefficient (Wildman–Crippen LogP) is 30.0. The minimum atomic E-state index is -0.537. The first-order valence-corrected chi connectivity index (χ1v) is 46.8. The van der Waals surface area contributed by atoms with Crippen LogP contribution in [0.1, 0.15) is 267 Å². The summed E-state index contributed by atoms with van der Waals surface area (Å²) >= 11 is 0. The molecule has 0 aliphatic carbocycles. The van der Waals surface area contributed by atoms with Gasteiger partial charge in [-0.15, -0.1) is 140 Å². The molecule has 0 aliphatic heterocycles. The van der Waals surface area contributed by atoms with E-state index >= 15 is 0 Å². The molecule has 736 valence electrons. The Morgan fingerprint density at radius 1 is 0.284 bits per heavy atom. The summed E-state index contributed by atoms with van der Waals surface area (Å²) < 4.78 is 0. The molecule has 0 fully saturated rings. The summed E-state index contributed by atoms with van der Waals surface area (Å²) in [6.07, 6.45) is 17.7. The summed E-state index contributed by atoms with van der Waals surface area (Å²) in [6, 6.07) is 58.6. The number of aryl methyl sites for hydroxylation is 8. The van der Waals surface area contributed by atoms with E-state index < -0.39 is 24.4 Å². The Bertz CT molecular complexity index is 5520. The van der Waals surface area contributed by atoms with Crippen molar-refractivity contribution in [1.82, 2.24) is 19.9 Å². The summed E-state index contributed by atoms with van der Waals surface area (Å²) in [4.78, 5) is 19.1. The smallest absolute Gasteiger partial charge is 0.0877 e. The zero-order valence-electron chi connectivity index (χ0n) is 86.0. The van der Waals surface area contributed by atoms with Gasteiger partial charge in [0.15, 0.2) is 0 Å². The number of allylic oxidation sites excluding steroid dienone is 4. The van der Waals surface area contributed by atoms with E-state index in [1.807, 2.05) is 24.8 Å². The fraction of sp³-hybridized carbons (Fsp3) is 0.424. The van der Waals surface area contributed by atoms with Crippen LogP contribution in [0.25, 0.3) is 88.1 Å². The molecular weight excluding hydrogens is 2370 g/mol. The molecule has 8 aromatic carbocycles. The number of hydrogen-bond acceptors (Lipinski definition) is 12. The second-order valence-corrected chi connectivity index (χ2v) is 38.8. The third-order valence-corrected chi connectivity index (χ3v) is 20.9. The van der Waals surface area contributed by atoms with Crippen molar-refractivity contribution in [3.05, 3.63) is 307 Å². The molecule has 4 aromatic heterocycles. The van der Waals surface area contributed by atoms with Crippen molar-refractivity contribution in [3.63, 3.8) is 0 Å². The van der Waals surface area contributed by atoms with E-state index in [0.717, 1.165) is 94.7 Å². The van der Waals surface area contributed by atoms with Crippen LogP contribution < -0.4 is 0 Å². The molecule has 8 N–H and O–H groups in total. The van der Waals surface area contributed by atoms with Crippen LogP contribution in [0.2, 0.25) is 0 Å². The maximum Gasteiger partial charge on any atom is 0.0877 e. The Labute approximate surface area is 860 Å².